The number of ether oxygens (including phenoxy) is 1. The third kappa shape index (κ3) is 3.42. The van der Waals surface area contributed by atoms with E-state index in [4.69, 9.17) is 4.74 Å². The van der Waals surface area contributed by atoms with Gasteiger partial charge in [0, 0.05) is 23.9 Å². The number of hydrogen-bond donors (Lipinski definition) is 2. The maximum atomic E-state index is 14.9. The summed E-state index contributed by atoms with van der Waals surface area (Å²) in [5, 5.41) is 13.2. The largest absolute Gasteiger partial charge is 0.464 e. The van der Waals surface area contributed by atoms with E-state index in [1.54, 1.807) is 6.92 Å². The van der Waals surface area contributed by atoms with Gasteiger partial charge in [0.05, 0.1) is 6.61 Å². The molecule has 1 rings (SSSR count). The van der Waals surface area contributed by atoms with E-state index in [9.17, 15) is 14.3 Å². The predicted octanol–water partition coefficient (Wildman–Crippen LogP) is 1.56. The normalized spacial score (nSPS) is 26.4. The van der Waals surface area contributed by atoms with Crippen LogP contribution in [0.5, 0.6) is 0 Å². The molecule has 5 heteroatoms. The van der Waals surface area contributed by atoms with Crippen molar-refractivity contribution in [2.45, 2.75) is 70.3 Å². The molecule has 1 aliphatic heterocycles. The van der Waals surface area contributed by atoms with Crippen molar-refractivity contribution in [2.75, 3.05) is 6.61 Å². The molecule has 0 spiro atoms. The fourth-order valence-electron chi connectivity index (χ4n) is 3.16. The number of aliphatic hydroxyl groups excluding tert-OH is 1. The van der Waals surface area contributed by atoms with Crippen molar-refractivity contribution in [3.8, 4) is 0 Å². The molecule has 4 nitrogen and oxygen atoms in total. The van der Waals surface area contributed by atoms with Gasteiger partial charge in [0.15, 0.2) is 11.8 Å². The van der Waals surface area contributed by atoms with Crippen molar-refractivity contribution in [2.24, 2.45) is 0 Å². The Morgan fingerprint density at radius 2 is 1.78 bits per heavy atom. The molecule has 0 radical (unpaired) electrons. The van der Waals surface area contributed by atoms with Crippen LogP contribution in [0.25, 0.3) is 0 Å². The molecule has 106 valence electrons. The van der Waals surface area contributed by atoms with Gasteiger partial charge in [0.1, 0.15) is 0 Å². The van der Waals surface area contributed by atoms with E-state index < -0.39 is 28.8 Å². The third-order valence-electron chi connectivity index (χ3n) is 3.15. The summed E-state index contributed by atoms with van der Waals surface area (Å²) in [6.45, 7) is 9.21. The maximum absolute atomic E-state index is 14.9. The average Bonchev–Trinajstić information content (AvgIpc) is 2.10. The Kier molecular flexibility index (Phi) is 4.08. The second-order valence-corrected chi connectivity index (χ2v) is 6.44. The molecule has 0 bridgehead atoms. The molecule has 2 N–H and O–H groups in total. The summed E-state index contributed by atoms with van der Waals surface area (Å²) in [6, 6.07) is 0. The molecule has 1 saturated heterocycles. The highest BCUT2D eigenvalue weighted by Crippen LogP contribution is 2.41. The summed E-state index contributed by atoms with van der Waals surface area (Å²) in [5.74, 6) is -0.881. The van der Waals surface area contributed by atoms with Gasteiger partial charge >= 0.3 is 5.97 Å². The Morgan fingerprint density at radius 1 is 1.33 bits per heavy atom. The number of hydrogen-bond acceptors (Lipinski definition) is 4. The number of halogens is 1. The lowest BCUT2D eigenvalue weighted by Gasteiger charge is -2.50. The number of aliphatic hydroxyl groups is 1. The molecule has 1 aliphatic rings. The Balaban J connectivity index is 2.93. The monoisotopic (exact) mass is 261 g/mol. The van der Waals surface area contributed by atoms with E-state index in [2.05, 4.69) is 5.32 Å². The van der Waals surface area contributed by atoms with Crippen molar-refractivity contribution in [3.05, 3.63) is 0 Å². The molecule has 0 aliphatic carbocycles. The number of esters is 1. The van der Waals surface area contributed by atoms with Gasteiger partial charge in [0.25, 0.3) is 0 Å². The molecular weight excluding hydrogens is 237 g/mol. The number of alkyl halides is 1. The predicted molar refractivity (Wildman–Crippen MR) is 67.0 cm³/mol. The highest BCUT2D eigenvalue weighted by Gasteiger charge is 2.54. The smallest absolute Gasteiger partial charge is 0.338 e. The van der Waals surface area contributed by atoms with E-state index in [1.807, 2.05) is 27.7 Å². The maximum Gasteiger partial charge on any atom is 0.338 e. The van der Waals surface area contributed by atoms with Gasteiger partial charge in [-0.3, -0.25) is 0 Å². The Labute approximate surface area is 108 Å². The average molecular weight is 261 g/mol. The molecule has 0 amide bonds. The zero-order valence-corrected chi connectivity index (χ0v) is 11.8. The van der Waals surface area contributed by atoms with Gasteiger partial charge in [-0.1, -0.05) is 0 Å². The van der Waals surface area contributed by atoms with E-state index in [1.165, 1.54) is 0 Å². The second-order valence-electron chi connectivity index (χ2n) is 6.44. The van der Waals surface area contributed by atoms with Crippen LogP contribution in [0.3, 0.4) is 0 Å². The van der Waals surface area contributed by atoms with Crippen LogP contribution in [0.1, 0.15) is 47.5 Å². The summed E-state index contributed by atoms with van der Waals surface area (Å²) in [7, 11) is 0. The molecule has 18 heavy (non-hydrogen) atoms. The molecule has 0 saturated carbocycles. The van der Waals surface area contributed by atoms with Crippen molar-refractivity contribution >= 4 is 5.97 Å². The zero-order chi connectivity index (χ0) is 14.2. The minimum atomic E-state index is -1.95. The third-order valence-corrected chi connectivity index (χ3v) is 3.15. The van der Waals surface area contributed by atoms with Crippen molar-refractivity contribution in [3.63, 3.8) is 0 Å². The minimum absolute atomic E-state index is 0.0728. The lowest BCUT2D eigenvalue weighted by Crippen LogP contribution is -2.66. The first kappa shape index (κ1) is 15.4. The summed E-state index contributed by atoms with van der Waals surface area (Å²) in [5.41, 5.74) is -2.92. The lowest BCUT2D eigenvalue weighted by atomic mass is 9.71. The first-order valence-electron chi connectivity index (χ1n) is 6.34. The summed E-state index contributed by atoms with van der Waals surface area (Å²) in [6.07, 6.45) is -1.58. The molecular formula is C13H24FNO3. The van der Waals surface area contributed by atoms with E-state index in [-0.39, 0.29) is 19.4 Å². The SMILES string of the molecule is CCOC(=O)C(O)C1(F)CC(C)(C)NC(C)(C)C1. The van der Waals surface area contributed by atoms with Crippen LogP contribution in [0.15, 0.2) is 0 Å². The molecule has 1 unspecified atom stereocenters. The Bertz CT molecular complexity index is 312. The minimum Gasteiger partial charge on any atom is -0.464 e. The molecule has 0 aromatic heterocycles. The van der Waals surface area contributed by atoms with Crippen molar-refractivity contribution in [1.82, 2.24) is 5.32 Å². The van der Waals surface area contributed by atoms with Crippen molar-refractivity contribution < 1.29 is 19.0 Å². The highest BCUT2D eigenvalue weighted by atomic mass is 19.1. The van der Waals surface area contributed by atoms with Crippen LogP contribution < -0.4 is 5.32 Å². The molecule has 0 aromatic carbocycles. The Morgan fingerprint density at radius 3 is 2.17 bits per heavy atom. The van der Waals surface area contributed by atoms with Gasteiger partial charge in [-0.05, 0) is 34.6 Å². The standard InChI is InChI=1S/C13H24FNO3/c1-6-18-10(17)9(16)13(14)7-11(2,3)15-12(4,5)8-13/h9,15-16H,6-8H2,1-5H3. The fraction of sp³-hybridized carbons (Fsp3) is 0.923. The quantitative estimate of drug-likeness (QED) is 0.757. The molecule has 0 aromatic rings. The number of carbonyl (C=O) groups excluding carboxylic acids is 1. The van der Waals surface area contributed by atoms with Gasteiger partial charge in [-0.2, -0.15) is 0 Å². The van der Waals surface area contributed by atoms with Crippen molar-refractivity contribution in [1.29, 1.82) is 0 Å². The summed E-state index contributed by atoms with van der Waals surface area (Å²) < 4.78 is 19.6. The molecule has 1 heterocycles. The number of rotatable bonds is 3. The topological polar surface area (TPSA) is 58.6 Å². The van der Waals surface area contributed by atoms with Crippen LogP contribution in [0.4, 0.5) is 4.39 Å². The van der Waals surface area contributed by atoms with Crippen LogP contribution in [-0.4, -0.2) is 40.5 Å². The zero-order valence-electron chi connectivity index (χ0n) is 11.8. The number of piperidine rings is 1. The second kappa shape index (κ2) is 4.78. The van der Waals surface area contributed by atoms with Crippen LogP contribution in [0.2, 0.25) is 0 Å². The number of carbonyl (C=O) groups is 1. The van der Waals surface area contributed by atoms with Crippen LogP contribution in [-0.2, 0) is 9.53 Å². The molecule has 1 fully saturated rings. The Hall–Kier alpha value is -0.680. The van der Waals surface area contributed by atoms with Crippen LogP contribution >= 0.6 is 0 Å². The lowest BCUT2D eigenvalue weighted by molar-refractivity contribution is -0.168. The first-order valence-corrected chi connectivity index (χ1v) is 6.34. The highest BCUT2D eigenvalue weighted by molar-refractivity contribution is 5.76. The molecule has 1 atom stereocenters. The van der Waals surface area contributed by atoms with Crippen LogP contribution in [0, 0.1) is 0 Å². The number of nitrogens with one attached hydrogen (secondary N) is 1. The van der Waals surface area contributed by atoms with E-state index in [0.29, 0.717) is 0 Å². The van der Waals surface area contributed by atoms with Gasteiger partial charge in [-0.25, -0.2) is 9.18 Å². The van der Waals surface area contributed by atoms with E-state index in [0.717, 1.165) is 0 Å². The van der Waals surface area contributed by atoms with Gasteiger partial charge in [0.2, 0.25) is 0 Å². The summed E-state index contributed by atoms with van der Waals surface area (Å²) in [4.78, 5) is 11.5. The first-order chi connectivity index (χ1) is 8.01. The summed E-state index contributed by atoms with van der Waals surface area (Å²) >= 11 is 0. The van der Waals surface area contributed by atoms with E-state index >= 15 is 0 Å². The van der Waals surface area contributed by atoms with Gasteiger partial charge < -0.3 is 15.2 Å². The fourth-order valence-corrected chi connectivity index (χ4v) is 3.16. The van der Waals surface area contributed by atoms with Gasteiger partial charge in [-0.15, -0.1) is 0 Å².